The highest BCUT2D eigenvalue weighted by molar-refractivity contribution is 7.92. The van der Waals surface area contributed by atoms with Gasteiger partial charge in [0, 0.05) is 32.3 Å². The molecule has 7 heteroatoms. The molecular weight excluding hydrogens is 388 g/mol. The van der Waals surface area contributed by atoms with Gasteiger partial charge in [-0.05, 0) is 55.5 Å². The number of hydrogen-bond donors (Lipinski definition) is 0. The van der Waals surface area contributed by atoms with Gasteiger partial charge in [0.2, 0.25) is 0 Å². The minimum Gasteiger partial charge on any atom is -0.381 e. The Bertz CT molecular complexity index is 997. The normalized spacial score (nSPS) is 17.8. The number of rotatable bonds is 4. The lowest BCUT2D eigenvalue weighted by Crippen LogP contribution is -2.40. The number of para-hydroxylation sites is 1. The highest BCUT2D eigenvalue weighted by atomic mass is 32.2. The maximum absolute atomic E-state index is 13.4. The number of piperidine rings is 1. The van der Waals surface area contributed by atoms with E-state index in [0.29, 0.717) is 25.2 Å². The molecule has 0 saturated carbocycles. The fraction of sp³-hybridized carbons (Fsp3) is 0.409. The van der Waals surface area contributed by atoms with Crippen LogP contribution >= 0.6 is 0 Å². The van der Waals surface area contributed by atoms with E-state index in [2.05, 4.69) is 0 Å². The Morgan fingerprint density at radius 3 is 2.55 bits per heavy atom. The molecule has 0 aliphatic carbocycles. The van der Waals surface area contributed by atoms with Crippen molar-refractivity contribution in [3.05, 3.63) is 59.7 Å². The molecule has 4 rings (SSSR count). The standard InChI is InChI=1S/C22H26N2O4S/c1-28-19-11-14-23(15-12-19)22(25)18-7-4-9-20(16-18)29(26,27)24-13-5-8-17-6-2-3-10-21(17)24/h2-4,6-7,9-10,16,19H,5,8,11-15H2,1H3. The number of anilines is 1. The van der Waals surface area contributed by atoms with Crippen LogP contribution in [0.5, 0.6) is 0 Å². The van der Waals surface area contributed by atoms with Crippen LogP contribution in [0, 0.1) is 0 Å². The first-order valence-corrected chi connectivity index (χ1v) is 11.5. The van der Waals surface area contributed by atoms with Crippen molar-refractivity contribution in [2.24, 2.45) is 0 Å². The van der Waals surface area contributed by atoms with Crippen LogP contribution in [0.25, 0.3) is 0 Å². The predicted molar refractivity (Wildman–Crippen MR) is 112 cm³/mol. The van der Waals surface area contributed by atoms with Gasteiger partial charge in [-0.2, -0.15) is 0 Å². The Balaban J connectivity index is 1.60. The second kappa shape index (κ2) is 8.16. The summed E-state index contributed by atoms with van der Waals surface area (Å²) in [6, 6.07) is 14.0. The molecule has 154 valence electrons. The Morgan fingerprint density at radius 1 is 1.03 bits per heavy atom. The second-order valence-corrected chi connectivity index (χ2v) is 9.43. The number of methoxy groups -OCH3 is 1. The zero-order valence-corrected chi connectivity index (χ0v) is 17.4. The Labute approximate surface area is 172 Å². The summed E-state index contributed by atoms with van der Waals surface area (Å²) >= 11 is 0. The van der Waals surface area contributed by atoms with E-state index in [1.54, 1.807) is 30.2 Å². The van der Waals surface area contributed by atoms with Gasteiger partial charge in [0.15, 0.2) is 0 Å². The van der Waals surface area contributed by atoms with E-state index in [9.17, 15) is 13.2 Å². The molecule has 29 heavy (non-hydrogen) atoms. The third-order valence-corrected chi connectivity index (χ3v) is 7.61. The van der Waals surface area contributed by atoms with Crippen molar-refractivity contribution >= 4 is 21.6 Å². The lowest BCUT2D eigenvalue weighted by molar-refractivity contribution is 0.0350. The minimum atomic E-state index is -3.73. The van der Waals surface area contributed by atoms with Crippen LogP contribution in [0.4, 0.5) is 5.69 Å². The molecule has 1 amide bonds. The summed E-state index contributed by atoms with van der Waals surface area (Å²) in [5.41, 5.74) is 2.18. The molecule has 0 unspecified atom stereocenters. The summed E-state index contributed by atoms with van der Waals surface area (Å²) in [7, 11) is -2.04. The van der Waals surface area contributed by atoms with Crippen molar-refractivity contribution in [2.45, 2.75) is 36.7 Å². The Morgan fingerprint density at radius 2 is 1.79 bits per heavy atom. The van der Waals surface area contributed by atoms with E-state index >= 15 is 0 Å². The fourth-order valence-electron chi connectivity index (χ4n) is 4.14. The molecule has 1 fully saturated rings. The first-order chi connectivity index (χ1) is 14.0. The van der Waals surface area contributed by atoms with Gasteiger partial charge in [-0.1, -0.05) is 24.3 Å². The first kappa shape index (κ1) is 19.9. The number of amides is 1. The molecule has 0 radical (unpaired) electrons. The number of ether oxygens (including phenoxy) is 1. The van der Waals surface area contributed by atoms with Gasteiger partial charge in [-0.25, -0.2) is 8.42 Å². The zero-order valence-electron chi connectivity index (χ0n) is 16.6. The predicted octanol–water partition coefficient (Wildman–Crippen LogP) is 3.08. The third kappa shape index (κ3) is 3.89. The number of fused-ring (bicyclic) bond motifs is 1. The molecule has 0 aromatic heterocycles. The van der Waals surface area contributed by atoms with Gasteiger partial charge in [-0.15, -0.1) is 0 Å². The average Bonchev–Trinajstić information content (AvgIpc) is 2.78. The van der Waals surface area contributed by atoms with Crippen molar-refractivity contribution in [1.29, 1.82) is 0 Å². The summed E-state index contributed by atoms with van der Waals surface area (Å²) in [6.07, 6.45) is 3.43. The Hall–Kier alpha value is -2.38. The lowest BCUT2D eigenvalue weighted by atomic mass is 10.0. The van der Waals surface area contributed by atoms with Crippen molar-refractivity contribution in [3.8, 4) is 0 Å². The molecule has 2 aromatic rings. The molecule has 1 saturated heterocycles. The molecule has 6 nitrogen and oxygen atoms in total. The summed E-state index contributed by atoms with van der Waals surface area (Å²) in [5, 5.41) is 0. The van der Waals surface area contributed by atoms with Crippen LogP contribution in [-0.2, 0) is 21.2 Å². The summed E-state index contributed by atoms with van der Waals surface area (Å²) in [6.45, 7) is 1.68. The van der Waals surface area contributed by atoms with Gasteiger partial charge in [-0.3, -0.25) is 9.10 Å². The van der Waals surface area contributed by atoms with E-state index in [0.717, 1.165) is 36.9 Å². The fourth-order valence-corrected chi connectivity index (χ4v) is 5.73. The molecule has 0 bridgehead atoms. The zero-order chi connectivity index (χ0) is 20.4. The SMILES string of the molecule is COC1CCN(C(=O)c2cccc(S(=O)(=O)N3CCCc4ccccc43)c2)CC1. The maximum Gasteiger partial charge on any atom is 0.264 e. The monoisotopic (exact) mass is 414 g/mol. The van der Waals surface area contributed by atoms with Crippen LogP contribution in [0.15, 0.2) is 53.4 Å². The minimum absolute atomic E-state index is 0.129. The van der Waals surface area contributed by atoms with Crippen molar-refractivity contribution in [1.82, 2.24) is 4.90 Å². The average molecular weight is 415 g/mol. The van der Waals surface area contributed by atoms with Crippen molar-refractivity contribution in [3.63, 3.8) is 0 Å². The molecular formula is C22H26N2O4S. The smallest absolute Gasteiger partial charge is 0.264 e. The molecule has 2 aromatic carbocycles. The molecule has 2 aliphatic rings. The molecule has 0 atom stereocenters. The van der Waals surface area contributed by atoms with Crippen molar-refractivity contribution < 1.29 is 17.9 Å². The number of benzene rings is 2. The Kier molecular flexibility index (Phi) is 5.61. The first-order valence-electron chi connectivity index (χ1n) is 10.0. The van der Waals surface area contributed by atoms with Crippen LogP contribution in [0.3, 0.4) is 0 Å². The number of hydrogen-bond acceptors (Lipinski definition) is 4. The van der Waals surface area contributed by atoms with Crippen LogP contribution in [-0.4, -0.2) is 52.1 Å². The lowest BCUT2D eigenvalue weighted by Gasteiger charge is -2.32. The molecule has 0 spiro atoms. The van der Waals surface area contributed by atoms with E-state index in [-0.39, 0.29) is 16.9 Å². The van der Waals surface area contributed by atoms with E-state index < -0.39 is 10.0 Å². The van der Waals surface area contributed by atoms with E-state index in [1.165, 1.54) is 10.4 Å². The third-order valence-electron chi connectivity index (χ3n) is 5.80. The van der Waals surface area contributed by atoms with E-state index in [1.807, 2.05) is 24.3 Å². The van der Waals surface area contributed by atoms with Gasteiger partial charge >= 0.3 is 0 Å². The number of likely N-dealkylation sites (tertiary alicyclic amines) is 1. The summed E-state index contributed by atoms with van der Waals surface area (Å²) < 4.78 is 33.6. The van der Waals surface area contributed by atoms with Gasteiger partial charge in [0.25, 0.3) is 15.9 Å². The summed E-state index contributed by atoms with van der Waals surface area (Å²) in [5.74, 6) is -0.129. The molecule has 2 aliphatic heterocycles. The number of aryl methyl sites for hydroxylation is 1. The second-order valence-electron chi connectivity index (χ2n) is 7.56. The highest BCUT2D eigenvalue weighted by Gasteiger charge is 2.30. The topological polar surface area (TPSA) is 66.9 Å². The van der Waals surface area contributed by atoms with E-state index in [4.69, 9.17) is 4.74 Å². The summed E-state index contributed by atoms with van der Waals surface area (Å²) in [4.78, 5) is 14.9. The highest BCUT2D eigenvalue weighted by Crippen LogP contribution is 2.32. The number of nitrogens with zero attached hydrogens (tertiary/aromatic N) is 2. The maximum atomic E-state index is 13.4. The molecule has 2 heterocycles. The van der Waals surface area contributed by atoms with Gasteiger partial charge in [0.05, 0.1) is 16.7 Å². The van der Waals surface area contributed by atoms with Crippen molar-refractivity contribution in [2.75, 3.05) is 31.0 Å². The van der Waals surface area contributed by atoms with Crippen LogP contribution in [0.1, 0.15) is 35.2 Å². The quantitative estimate of drug-likeness (QED) is 0.771. The largest absolute Gasteiger partial charge is 0.381 e. The number of carbonyl (C=O) groups is 1. The number of sulfonamides is 1. The van der Waals surface area contributed by atoms with Gasteiger partial charge in [0.1, 0.15) is 0 Å². The van der Waals surface area contributed by atoms with Gasteiger partial charge < -0.3 is 9.64 Å². The van der Waals surface area contributed by atoms with Crippen LogP contribution < -0.4 is 4.31 Å². The number of carbonyl (C=O) groups excluding carboxylic acids is 1. The molecule has 0 N–H and O–H groups in total. The van der Waals surface area contributed by atoms with Crippen LogP contribution in [0.2, 0.25) is 0 Å².